The fraction of sp³-hybridized carbons (Fsp3) is 0. The Labute approximate surface area is 104 Å². The maximum absolute atomic E-state index is 11.6. The number of rotatable bonds is 4. The molecule has 0 atom stereocenters. The Kier molecular flexibility index (Phi) is 4.05. The van der Waals surface area contributed by atoms with Gasteiger partial charge in [-0.15, -0.1) is 4.40 Å². The van der Waals surface area contributed by atoms with Crippen LogP contribution in [0.25, 0.3) is 0 Å². The van der Waals surface area contributed by atoms with Gasteiger partial charge in [-0.3, -0.25) is 4.79 Å². The highest BCUT2D eigenvalue weighted by atomic mass is 32.2. The summed E-state index contributed by atoms with van der Waals surface area (Å²) in [4.78, 5) is 10.9. The molecular formula is C10H12N4O3S. The van der Waals surface area contributed by atoms with Crippen molar-refractivity contribution in [3.8, 4) is 0 Å². The number of nitrogens with one attached hydrogen (secondary N) is 1. The van der Waals surface area contributed by atoms with Crippen LogP contribution in [0.4, 0.5) is 5.69 Å². The topological polar surface area (TPSA) is 128 Å². The number of hydrogen-bond donors (Lipinski definition) is 3. The molecule has 5 N–H and O–H groups in total. The minimum absolute atomic E-state index is 0.0764. The van der Waals surface area contributed by atoms with Gasteiger partial charge in [0.2, 0.25) is 11.9 Å². The van der Waals surface area contributed by atoms with Crippen LogP contribution in [-0.2, 0) is 14.8 Å². The van der Waals surface area contributed by atoms with E-state index in [-0.39, 0.29) is 4.90 Å². The van der Waals surface area contributed by atoms with Gasteiger partial charge in [-0.05, 0) is 30.3 Å². The maximum atomic E-state index is 11.6. The van der Waals surface area contributed by atoms with E-state index in [0.717, 1.165) is 6.08 Å². The van der Waals surface area contributed by atoms with Gasteiger partial charge in [0.15, 0.2) is 0 Å². The minimum Gasteiger partial charge on any atom is -0.369 e. The van der Waals surface area contributed by atoms with Crippen LogP contribution in [0, 0.1) is 0 Å². The van der Waals surface area contributed by atoms with E-state index in [1.807, 2.05) is 0 Å². The third-order valence-electron chi connectivity index (χ3n) is 1.83. The Bertz CT molecular complexity index is 586. The second-order valence-electron chi connectivity index (χ2n) is 3.21. The zero-order chi connectivity index (χ0) is 13.8. The molecule has 0 aromatic heterocycles. The molecule has 0 heterocycles. The Morgan fingerprint density at radius 2 is 1.83 bits per heavy atom. The molecule has 0 aliphatic rings. The van der Waals surface area contributed by atoms with Crippen LogP contribution in [-0.4, -0.2) is 20.3 Å². The predicted octanol–water partition coefficient (Wildman–Crippen LogP) is -0.227. The lowest BCUT2D eigenvalue weighted by Gasteiger charge is -2.03. The van der Waals surface area contributed by atoms with Gasteiger partial charge >= 0.3 is 0 Å². The molecule has 0 saturated carbocycles. The number of sulfonamides is 1. The van der Waals surface area contributed by atoms with E-state index in [1.54, 1.807) is 0 Å². The van der Waals surface area contributed by atoms with E-state index in [1.165, 1.54) is 24.3 Å². The average Bonchev–Trinajstić information content (AvgIpc) is 2.28. The fourth-order valence-corrected chi connectivity index (χ4v) is 1.96. The van der Waals surface area contributed by atoms with E-state index in [0.29, 0.717) is 5.69 Å². The molecule has 0 fully saturated rings. The second kappa shape index (κ2) is 5.32. The number of hydrogen-bond acceptors (Lipinski definition) is 3. The Hall–Kier alpha value is -2.35. The largest absolute Gasteiger partial charge is 0.369 e. The lowest BCUT2D eigenvalue weighted by atomic mass is 10.3. The molecule has 0 spiro atoms. The van der Waals surface area contributed by atoms with Crippen molar-refractivity contribution in [2.45, 2.75) is 4.90 Å². The number of anilines is 1. The van der Waals surface area contributed by atoms with Crippen LogP contribution < -0.4 is 16.8 Å². The van der Waals surface area contributed by atoms with Crippen molar-refractivity contribution in [3.05, 3.63) is 36.9 Å². The van der Waals surface area contributed by atoms with Crippen LogP contribution in [0.3, 0.4) is 0 Å². The Balaban J connectivity index is 3.00. The number of amides is 1. The Morgan fingerprint density at radius 1 is 1.28 bits per heavy atom. The number of guanidine groups is 1. The number of benzene rings is 1. The first-order chi connectivity index (χ1) is 8.35. The van der Waals surface area contributed by atoms with Gasteiger partial charge in [-0.1, -0.05) is 6.58 Å². The molecule has 96 valence electrons. The van der Waals surface area contributed by atoms with Crippen LogP contribution >= 0.6 is 0 Å². The number of carbonyl (C=O) groups excluding carboxylic acids is 1. The molecule has 0 aliphatic heterocycles. The molecule has 0 aliphatic carbocycles. The van der Waals surface area contributed by atoms with E-state index >= 15 is 0 Å². The standard InChI is InChI=1S/C10H12N4O3S/c1-2-9(15)13-7-3-5-8(6-4-7)18(16,17)14-10(11)12/h2-6H,1H2,(H,13,15)(H4,11,12,14). The maximum Gasteiger partial charge on any atom is 0.285 e. The zero-order valence-corrected chi connectivity index (χ0v) is 10.1. The van der Waals surface area contributed by atoms with E-state index in [2.05, 4.69) is 16.3 Å². The molecular weight excluding hydrogens is 256 g/mol. The molecule has 0 bridgehead atoms. The fourth-order valence-electron chi connectivity index (χ4n) is 1.10. The van der Waals surface area contributed by atoms with Crippen molar-refractivity contribution in [1.29, 1.82) is 0 Å². The highest BCUT2D eigenvalue weighted by Crippen LogP contribution is 2.15. The monoisotopic (exact) mass is 268 g/mol. The summed E-state index contributed by atoms with van der Waals surface area (Å²) in [5, 5.41) is 2.47. The first-order valence-corrected chi connectivity index (χ1v) is 6.18. The highest BCUT2D eigenvalue weighted by Gasteiger charge is 2.12. The third kappa shape index (κ3) is 3.59. The first kappa shape index (κ1) is 13.7. The second-order valence-corrected chi connectivity index (χ2v) is 4.81. The van der Waals surface area contributed by atoms with Crippen molar-refractivity contribution in [2.24, 2.45) is 15.9 Å². The van der Waals surface area contributed by atoms with E-state index in [9.17, 15) is 13.2 Å². The summed E-state index contributed by atoms with van der Waals surface area (Å²) in [5.41, 5.74) is 10.5. The average molecular weight is 268 g/mol. The van der Waals surface area contributed by atoms with Gasteiger partial charge in [0.1, 0.15) is 0 Å². The van der Waals surface area contributed by atoms with E-state index in [4.69, 9.17) is 11.5 Å². The van der Waals surface area contributed by atoms with Crippen LogP contribution in [0.1, 0.15) is 0 Å². The summed E-state index contributed by atoms with van der Waals surface area (Å²) >= 11 is 0. The van der Waals surface area contributed by atoms with E-state index < -0.39 is 21.9 Å². The van der Waals surface area contributed by atoms with Gasteiger partial charge in [0, 0.05) is 5.69 Å². The van der Waals surface area contributed by atoms with Gasteiger partial charge in [-0.2, -0.15) is 8.42 Å². The zero-order valence-electron chi connectivity index (χ0n) is 9.33. The van der Waals surface area contributed by atoms with Gasteiger partial charge in [-0.25, -0.2) is 0 Å². The van der Waals surface area contributed by atoms with Crippen LogP contribution in [0.15, 0.2) is 46.2 Å². The molecule has 1 aromatic rings. The highest BCUT2D eigenvalue weighted by molar-refractivity contribution is 7.90. The van der Waals surface area contributed by atoms with Crippen molar-refractivity contribution >= 4 is 27.6 Å². The van der Waals surface area contributed by atoms with Crippen molar-refractivity contribution in [1.82, 2.24) is 0 Å². The minimum atomic E-state index is -3.91. The molecule has 8 heteroatoms. The molecule has 7 nitrogen and oxygen atoms in total. The summed E-state index contributed by atoms with van der Waals surface area (Å²) in [7, 11) is -3.91. The van der Waals surface area contributed by atoms with Crippen LogP contribution in [0.5, 0.6) is 0 Å². The number of nitrogens with zero attached hydrogens (tertiary/aromatic N) is 1. The lowest BCUT2D eigenvalue weighted by Crippen LogP contribution is -2.24. The number of nitrogens with two attached hydrogens (primary N) is 2. The van der Waals surface area contributed by atoms with Gasteiger partial charge in [0.05, 0.1) is 4.90 Å². The van der Waals surface area contributed by atoms with Crippen LogP contribution in [0.2, 0.25) is 0 Å². The molecule has 0 unspecified atom stereocenters. The first-order valence-electron chi connectivity index (χ1n) is 4.74. The SMILES string of the molecule is C=CC(=O)Nc1ccc(S(=O)(=O)N=C(N)N)cc1. The van der Waals surface area contributed by atoms with Crippen molar-refractivity contribution in [3.63, 3.8) is 0 Å². The third-order valence-corrected chi connectivity index (χ3v) is 3.15. The smallest absolute Gasteiger partial charge is 0.285 e. The molecule has 1 aromatic carbocycles. The summed E-state index contributed by atoms with van der Waals surface area (Å²) in [6.45, 7) is 3.29. The molecule has 0 saturated heterocycles. The quantitative estimate of drug-likeness (QED) is 0.395. The summed E-state index contributed by atoms with van der Waals surface area (Å²) < 4.78 is 26.3. The summed E-state index contributed by atoms with van der Waals surface area (Å²) in [6.07, 6.45) is 1.10. The Morgan fingerprint density at radius 3 is 2.28 bits per heavy atom. The van der Waals surface area contributed by atoms with Crippen molar-refractivity contribution in [2.75, 3.05) is 5.32 Å². The predicted molar refractivity (Wildman–Crippen MR) is 68.3 cm³/mol. The molecule has 1 amide bonds. The van der Waals surface area contributed by atoms with Gasteiger partial charge < -0.3 is 16.8 Å². The molecule has 0 radical (unpaired) electrons. The normalized spacial score (nSPS) is 10.4. The van der Waals surface area contributed by atoms with Crippen molar-refractivity contribution < 1.29 is 13.2 Å². The molecule has 1 rings (SSSR count). The number of carbonyl (C=O) groups is 1. The van der Waals surface area contributed by atoms with Gasteiger partial charge in [0.25, 0.3) is 10.0 Å². The summed E-state index contributed by atoms with van der Waals surface area (Å²) in [6, 6.07) is 5.38. The molecule has 18 heavy (non-hydrogen) atoms. The summed E-state index contributed by atoms with van der Waals surface area (Å²) in [5.74, 6) is -0.936. The lowest BCUT2D eigenvalue weighted by molar-refractivity contribution is -0.111.